The van der Waals surface area contributed by atoms with Crippen LogP contribution in [0.15, 0.2) is 0 Å². The van der Waals surface area contributed by atoms with Crippen LogP contribution in [-0.2, 0) is 20.4 Å². The maximum Gasteiger partial charge on any atom is 0.246 e. The van der Waals surface area contributed by atoms with E-state index in [2.05, 4.69) is 0 Å². The van der Waals surface area contributed by atoms with Gasteiger partial charge in [-0.3, -0.25) is 13.8 Å². The molecule has 5 nitrogen and oxygen atoms in total. The molecule has 3 aliphatic rings. The summed E-state index contributed by atoms with van der Waals surface area (Å²) in [7, 11) is -0.737. The average Bonchev–Trinajstić information content (AvgIpc) is 2.94. The summed E-state index contributed by atoms with van der Waals surface area (Å²) in [6, 6.07) is -0.414. The Morgan fingerprint density at radius 1 is 1.15 bits per heavy atom. The van der Waals surface area contributed by atoms with Crippen molar-refractivity contribution in [1.82, 2.24) is 9.80 Å². The zero-order chi connectivity index (χ0) is 14.3. The summed E-state index contributed by atoms with van der Waals surface area (Å²) in [5.74, 6) is 1.58. The Bertz CT molecular complexity index is 444. The van der Waals surface area contributed by atoms with Crippen molar-refractivity contribution in [2.45, 2.75) is 57.2 Å². The topological polar surface area (TPSA) is 57.7 Å². The van der Waals surface area contributed by atoms with Crippen LogP contribution in [0.5, 0.6) is 0 Å². The molecular formula is C14H22N2O3S. The molecule has 2 amide bonds. The highest BCUT2D eigenvalue weighted by Gasteiger charge is 2.49. The highest BCUT2D eigenvalue weighted by Crippen LogP contribution is 2.31. The average molecular weight is 298 g/mol. The summed E-state index contributed by atoms with van der Waals surface area (Å²) in [6.07, 6.45) is 3.95. The molecule has 112 valence electrons. The van der Waals surface area contributed by atoms with Gasteiger partial charge in [-0.1, -0.05) is 6.92 Å². The molecule has 3 fully saturated rings. The second-order valence-corrected chi connectivity index (χ2v) is 7.63. The summed E-state index contributed by atoms with van der Waals surface area (Å²) >= 11 is 0. The maximum absolute atomic E-state index is 12.8. The van der Waals surface area contributed by atoms with E-state index in [4.69, 9.17) is 0 Å². The molecule has 2 atom stereocenters. The Hall–Kier alpha value is -0.910. The largest absolute Gasteiger partial charge is 0.329 e. The van der Waals surface area contributed by atoms with Crippen LogP contribution in [-0.4, -0.2) is 62.0 Å². The molecule has 3 saturated heterocycles. The number of hydrogen-bond donors (Lipinski definition) is 0. The molecule has 2 unspecified atom stereocenters. The molecule has 0 N–H and O–H groups in total. The van der Waals surface area contributed by atoms with Gasteiger partial charge in [0.15, 0.2) is 0 Å². The molecule has 0 radical (unpaired) electrons. The first-order chi connectivity index (χ1) is 9.63. The van der Waals surface area contributed by atoms with Crippen molar-refractivity contribution >= 4 is 22.6 Å². The maximum atomic E-state index is 12.8. The standard InChI is InChI=1S/C14H22N2O3S/c1-2-11-13(17)15-7-3-4-12(15)14(18)16(11)10-5-8-20(19)9-6-10/h10-12H,2-9H2,1H3. The highest BCUT2D eigenvalue weighted by molar-refractivity contribution is 7.85. The Balaban J connectivity index is 1.85. The van der Waals surface area contributed by atoms with Gasteiger partial charge in [-0.2, -0.15) is 0 Å². The van der Waals surface area contributed by atoms with Gasteiger partial charge < -0.3 is 9.80 Å². The van der Waals surface area contributed by atoms with Gasteiger partial charge in [0.25, 0.3) is 0 Å². The fourth-order valence-electron chi connectivity index (χ4n) is 3.79. The number of carbonyl (C=O) groups is 2. The second kappa shape index (κ2) is 5.47. The summed E-state index contributed by atoms with van der Waals surface area (Å²) < 4.78 is 11.5. The van der Waals surface area contributed by atoms with E-state index in [1.165, 1.54) is 0 Å². The van der Waals surface area contributed by atoms with E-state index in [-0.39, 0.29) is 29.9 Å². The van der Waals surface area contributed by atoms with E-state index in [0.717, 1.165) is 32.2 Å². The third-order valence-electron chi connectivity index (χ3n) is 4.83. The SMILES string of the molecule is CCC1C(=O)N2CCCC2C(=O)N1C1CCS(=O)CC1. The van der Waals surface area contributed by atoms with Crippen molar-refractivity contribution < 1.29 is 13.8 Å². The van der Waals surface area contributed by atoms with Crippen molar-refractivity contribution in [2.75, 3.05) is 18.1 Å². The van der Waals surface area contributed by atoms with Crippen LogP contribution < -0.4 is 0 Å². The lowest BCUT2D eigenvalue weighted by molar-refractivity contribution is -0.162. The quantitative estimate of drug-likeness (QED) is 0.746. The Kier molecular flexibility index (Phi) is 3.84. The molecule has 3 rings (SSSR count). The van der Waals surface area contributed by atoms with Crippen LogP contribution >= 0.6 is 0 Å². The van der Waals surface area contributed by atoms with Crippen molar-refractivity contribution in [3.05, 3.63) is 0 Å². The summed E-state index contributed by atoms with van der Waals surface area (Å²) in [6.45, 7) is 2.70. The predicted molar refractivity (Wildman–Crippen MR) is 76.6 cm³/mol. The van der Waals surface area contributed by atoms with Crippen LogP contribution in [0.1, 0.15) is 39.0 Å². The van der Waals surface area contributed by atoms with E-state index in [1.807, 2.05) is 11.8 Å². The molecule has 3 heterocycles. The third-order valence-corrected chi connectivity index (χ3v) is 6.22. The summed E-state index contributed by atoms with van der Waals surface area (Å²) in [5.41, 5.74) is 0. The van der Waals surface area contributed by atoms with Gasteiger partial charge in [-0.05, 0) is 32.1 Å². The summed E-state index contributed by atoms with van der Waals surface area (Å²) in [5, 5.41) is 0. The van der Waals surface area contributed by atoms with Gasteiger partial charge >= 0.3 is 0 Å². The van der Waals surface area contributed by atoms with Crippen molar-refractivity contribution in [3.63, 3.8) is 0 Å². The van der Waals surface area contributed by atoms with Gasteiger partial charge in [0, 0.05) is 34.9 Å². The fourth-order valence-corrected chi connectivity index (χ4v) is 5.06. The van der Waals surface area contributed by atoms with Gasteiger partial charge in [-0.25, -0.2) is 0 Å². The van der Waals surface area contributed by atoms with Crippen LogP contribution in [0.4, 0.5) is 0 Å². The minimum atomic E-state index is -0.737. The van der Waals surface area contributed by atoms with E-state index in [9.17, 15) is 13.8 Å². The first-order valence-electron chi connectivity index (χ1n) is 7.61. The lowest BCUT2D eigenvalue weighted by Crippen LogP contribution is -2.65. The van der Waals surface area contributed by atoms with Crippen LogP contribution in [0.25, 0.3) is 0 Å². The molecule has 0 aliphatic carbocycles. The smallest absolute Gasteiger partial charge is 0.246 e. The molecule has 0 aromatic carbocycles. The van der Waals surface area contributed by atoms with E-state index in [0.29, 0.717) is 17.9 Å². The van der Waals surface area contributed by atoms with Crippen molar-refractivity contribution in [1.29, 1.82) is 0 Å². The molecule has 3 aliphatic heterocycles. The van der Waals surface area contributed by atoms with E-state index >= 15 is 0 Å². The van der Waals surface area contributed by atoms with Gasteiger partial charge in [0.1, 0.15) is 12.1 Å². The Labute approximate surface area is 122 Å². The first-order valence-corrected chi connectivity index (χ1v) is 9.10. The molecule has 20 heavy (non-hydrogen) atoms. The van der Waals surface area contributed by atoms with Gasteiger partial charge in [0.05, 0.1) is 0 Å². The number of hydrogen-bond acceptors (Lipinski definition) is 3. The molecule has 0 bridgehead atoms. The zero-order valence-electron chi connectivity index (χ0n) is 11.9. The molecule has 0 spiro atoms. The number of carbonyl (C=O) groups excluding carboxylic acids is 2. The second-order valence-electron chi connectivity index (χ2n) is 5.94. The minimum Gasteiger partial charge on any atom is -0.329 e. The van der Waals surface area contributed by atoms with Crippen LogP contribution in [0.2, 0.25) is 0 Å². The number of amides is 2. The summed E-state index contributed by atoms with van der Waals surface area (Å²) in [4.78, 5) is 29.0. The van der Waals surface area contributed by atoms with E-state index < -0.39 is 10.8 Å². The van der Waals surface area contributed by atoms with Gasteiger partial charge in [-0.15, -0.1) is 0 Å². The third kappa shape index (κ3) is 2.18. The first kappa shape index (κ1) is 14.0. The number of rotatable bonds is 2. The lowest BCUT2D eigenvalue weighted by Gasteiger charge is -2.46. The number of nitrogens with zero attached hydrogens (tertiary/aromatic N) is 2. The van der Waals surface area contributed by atoms with Crippen LogP contribution in [0, 0.1) is 0 Å². The lowest BCUT2D eigenvalue weighted by atomic mass is 9.98. The normalized spacial score (nSPS) is 38.2. The Morgan fingerprint density at radius 2 is 1.85 bits per heavy atom. The number of piperazine rings is 1. The van der Waals surface area contributed by atoms with Crippen LogP contribution in [0.3, 0.4) is 0 Å². The molecule has 6 heteroatoms. The molecule has 0 aromatic heterocycles. The predicted octanol–water partition coefficient (Wildman–Crippen LogP) is 0.509. The number of fused-ring (bicyclic) bond motifs is 1. The molecular weight excluding hydrogens is 276 g/mol. The van der Waals surface area contributed by atoms with Crippen molar-refractivity contribution in [3.8, 4) is 0 Å². The zero-order valence-corrected chi connectivity index (χ0v) is 12.7. The Morgan fingerprint density at radius 3 is 2.50 bits per heavy atom. The minimum absolute atomic E-state index is 0.108. The highest BCUT2D eigenvalue weighted by atomic mass is 32.2. The van der Waals surface area contributed by atoms with E-state index in [1.54, 1.807) is 4.90 Å². The molecule has 0 saturated carbocycles. The van der Waals surface area contributed by atoms with Gasteiger partial charge in [0.2, 0.25) is 11.8 Å². The monoisotopic (exact) mass is 298 g/mol. The molecule has 0 aromatic rings. The fraction of sp³-hybridized carbons (Fsp3) is 0.857. The van der Waals surface area contributed by atoms with Crippen molar-refractivity contribution in [2.24, 2.45) is 0 Å².